The first-order valence-corrected chi connectivity index (χ1v) is 11.4. The van der Waals surface area contributed by atoms with Crippen LogP contribution in [0, 0.1) is 18.3 Å². The zero-order chi connectivity index (χ0) is 22.8. The maximum Gasteiger partial charge on any atom is 0.253 e. The van der Waals surface area contributed by atoms with Crippen LogP contribution < -0.4 is 10.6 Å². The molecule has 0 unspecified atom stereocenters. The minimum absolute atomic E-state index is 0.0398. The molecule has 5 nitrogen and oxygen atoms in total. The number of fused-ring (bicyclic) bond motifs is 1. The van der Waals surface area contributed by atoms with E-state index in [1.807, 2.05) is 30.5 Å². The van der Waals surface area contributed by atoms with Gasteiger partial charge in [0.25, 0.3) is 5.91 Å². The molecule has 3 N–H and O–H groups in total. The molecule has 1 fully saturated rings. The number of nitrogens with one attached hydrogen (secondary N) is 3. The van der Waals surface area contributed by atoms with Gasteiger partial charge in [0.1, 0.15) is 0 Å². The van der Waals surface area contributed by atoms with E-state index in [4.69, 9.17) is 0 Å². The van der Waals surface area contributed by atoms with E-state index in [0.29, 0.717) is 11.1 Å². The molecule has 33 heavy (non-hydrogen) atoms. The Morgan fingerprint density at radius 1 is 0.970 bits per heavy atom. The number of carbonyl (C=O) groups is 1. The first-order valence-electron chi connectivity index (χ1n) is 11.4. The fraction of sp³-hybridized carbons (Fsp3) is 0.214. The molecule has 0 atom stereocenters. The second-order valence-electron chi connectivity index (χ2n) is 8.70. The lowest BCUT2D eigenvalue weighted by Gasteiger charge is -2.23. The van der Waals surface area contributed by atoms with Crippen molar-refractivity contribution in [2.45, 2.75) is 25.8 Å². The highest BCUT2D eigenvalue weighted by molar-refractivity contribution is 6.09. The van der Waals surface area contributed by atoms with Gasteiger partial charge in [-0.2, -0.15) is 5.26 Å². The summed E-state index contributed by atoms with van der Waals surface area (Å²) in [4.78, 5) is 16.4. The summed E-state index contributed by atoms with van der Waals surface area (Å²) in [5.74, 6) is -0.0398. The maximum atomic E-state index is 13.1. The Bertz CT molecular complexity index is 1340. The minimum Gasteiger partial charge on any atom is -0.360 e. The topological polar surface area (TPSA) is 80.7 Å². The van der Waals surface area contributed by atoms with E-state index in [9.17, 15) is 10.1 Å². The molecule has 3 aromatic carbocycles. The molecule has 2 heterocycles. The number of hydrogen-bond donors (Lipinski definition) is 3. The number of hydrogen-bond acceptors (Lipinski definition) is 3. The predicted molar refractivity (Wildman–Crippen MR) is 132 cm³/mol. The minimum atomic E-state index is -0.0398. The van der Waals surface area contributed by atoms with E-state index in [2.05, 4.69) is 65.0 Å². The fourth-order valence-corrected chi connectivity index (χ4v) is 4.52. The van der Waals surface area contributed by atoms with Crippen LogP contribution in [-0.2, 0) is 0 Å². The van der Waals surface area contributed by atoms with Gasteiger partial charge in [0, 0.05) is 23.1 Å². The summed E-state index contributed by atoms with van der Waals surface area (Å²) in [5.41, 5.74) is 7.66. The van der Waals surface area contributed by atoms with Gasteiger partial charge < -0.3 is 15.6 Å². The van der Waals surface area contributed by atoms with Crippen molar-refractivity contribution in [2.75, 3.05) is 13.1 Å². The highest BCUT2D eigenvalue weighted by Crippen LogP contribution is 2.37. The molecule has 5 rings (SSSR count). The number of aryl methyl sites for hydroxylation is 1. The Morgan fingerprint density at radius 2 is 1.61 bits per heavy atom. The van der Waals surface area contributed by atoms with Gasteiger partial charge >= 0.3 is 0 Å². The van der Waals surface area contributed by atoms with Crippen LogP contribution in [0.25, 0.3) is 33.2 Å². The SMILES string of the molecule is Cc1ccc(-c2cc3[nH]cc(C(=O)NC4CCNCC4)c3cc2-c2ccc(C#N)cc2)cc1. The van der Waals surface area contributed by atoms with E-state index in [-0.39, 0.29) is 11.9 Å². The number of carbonyl (C=O) groups excluding carboxylic acids is 1. The third kappa shape index (κ3) is 4.26. The third-order valence-electron chi connectivity index (χ3n) is 6.43. The van der Waals surface area contributed by atoms with Gasteiger partial charge in [-0.3, -0.25) is 4.79 Å². The van der Waals surface area contributed by atoms with Crippen molar-refractivity contribution in [3.05, 3.63) is 83.6 Å². The lowest BCUT2D eigenvalue weighted by molar-refractivity contribution is 0.0931. The zero-order valence-electron chi connectivity index (χ0n) is 18.6. The Kier molecular flexibility index (Phi) is 5.68. The largest absolute Gasteiger partial charge is 0.360 e. The molecule has 1 saturated heterocycles. The summed E-state index contributed by atoms with van der Waals surface area (Å²) in [6.45, 7) is 3.94. The third-order valence-corrected chi connectivity index (χ3v) is 6.43. The fourth-order valence-electron chi connectivity index (χ4n) is 4.52. The molecule has 4 aromatic rings. The highest BCUT2D eigenvalue weighted by Gasteiger charge is 2.20. The standard InChI is InChI=1S/C28H26N4O/c1-18-2-6-20(7-3-18)24-15-27-25(14-23(24)21-8-4-19(16-29)5-9-21)26(17-31-27)28(33)32-22-10-12-30-13-11-22/h2-9,14-15,17,22,30-31H,10-13H2,1H3,(H,32,33). The van der Waals surface area contributed by atoms with Gasteiger partial charge in [-0.05, 0) is 79.4 Å². The van der Waals surface area contributed by atoms with Gasteiger partial charge in [-0.1, -0.05) is 42.0 Å². The van der Waals surface area contributed by atoms with Crippen molar-refractivity contribution < 1.29 is 4.79 Å². The highest BCUT2D eigenvalue weighted by atomic mass is 16.1. The van der Waals surface area contributed by atoms with Crippen LogP contribution in [0.15, 0.2) is 66.9 Å². The van der Waals surface area contributed by atoms with Crippen LogP contribution >= 0.6 is 0 Å². The second kappa shape index (κ2) is 8.93. The van der Waals surface area contributed by atoms with Crippen LogP contribution in [0.4, 0.5) is 0 Å². The average molecular weight is 435 g/mol. The monoisotopic (exact) mass is 434 g/mol. The van der Waals surface area contributed by atoms with Crippen molar-refractivity contribution in [3.63, 3.8) is 0 Å². The Hall–Kier alpha value is -3.88. The number of nitrogens with zero attached hydrogens (tertiary/aromatic N) is 1. The second-order valence-corrected chi connectivity index (χ2v) is 8.70. The van der Waals surface area contributed by atoms with Crippen LogP contribution in [0.5, 0.6) is 0 Å². The Morgan fingerprint density at radius 3 is 2.27 bits per heavy atom. The summed E-state index contributed by atoms with van der Waals surface area (Å²) >= 11 is 0. The first kappa shape index (κ1) is 21.0. The normalized spacial score (nSPS) is 14.2. The molecule has 1 aromatic heterocycles. The van der Waals surface area contributed by atoms with Crippen LogP contribution in [0.3, 0.4) is 0 Å². The first-order chi connectivity index (χ1) is 16.1. The Balaban J connectivity index is 1.61. The molecule has 0 aliphatic carbocycles. The molecule has 0 bridgehead atoms. The summed E-state index contributed by atoms with van der Waals surface area (Å²) in [5, 5.41) is 16.6. The number of rotatable bonds is 4. The number of benzene rings is 3. The van der Waals surface area contributed by atoms with E-state index in [0.717, 1.165) is 59.1 Å². The number of aromatic nitrogens is 1. The maximum absolute atomic E-state index is 13.1. The van der Waals surface area contributed by atoms with Gasteiger partial charge in [0.05, 0.1) is 17.2 Å². The van der Waals surface area contributed by atoms with E-state index < -0.39 is 0 Å². The van der Waals surface area contributed by atoms with Crippen LogP contribution in [0.1, 0.15) is 34.3 Å². The molecule has 0 radical (unpaired) electrons. The number of H-pyrrole nitrogens is 1. The Labute approximate surface area is 193 Å². The van der Waals surface area contributed by atoms with Crippen molar-refractivity contribution in [1.82, 2.24) is 15.6 Å². The van der Waals surface area contributed by atoms with Crippen molar-refractivity contribution in [2.24, 2.45) is 0 Å². The molecule has 0 saturated carbocycles. The smallest absolute Gasteiger partial charge is 0.253 e. The molecular weight excluding hydrogens is 408 g/mol. The number of aromatic amines is 1. The summed E-state index contributed by atoms with van der Waals surface area (Å²) in [7, 11) is 0. The van der Waals surface area contributed by atoms with Gasteiger partial charge in [-0.25, -0.2) is 0 Å². The molecular formula is C28H26N4O. The summed E-state index contributed by atoms with van der Waals surface area (Å²) < 4.78 is 0. The lowest BCUT2D eigenvalue weighted by Crippen LogP contribution is -2.42. The van der Waals surface area contributed by atoms with E-state index in [1.54, 1.807) is 0 Å². The van der Waals surface area contributed by atoms with Crippen molar-refractivity contribution in [1.29, 1.82) is 5.26 Å². The molecule has 1 aliphatic rings. The molecule has 5 heteroatoms. The summed E-state index contributed by atoms with van der Waals surface area (Å²) in [6.07, 6.45) is 3.70. The number of amides is 1. The number of nitriles is 1. The quantitative estimate of drug-likeness (QED) is 0.415. The zero-order valence-corrected chi connectivity index (χ0v) is 18.6. The number of piperidine rings is 1. The van der Waals surface area contributed by atoms with E-state index in [1.165, 1.54) is 5.56 Å². The molecule has 0 spiro atoms. The van der Waals surface area contributed by atoms with Crippen LogP contribution in [-0.4, -0.2) is 30.0 Å². The molecule has 164 valence electrons. The van der Waals surface area contributed by atoms with E-state index >= 15 is 0 Å². The molecule has 1 aliphatic heterocycles. The predicted octanol–water partition coefficient (Wildman–Crippen LogP) is 5.16. The average Bonchev–Trinajstić information content (AvgIpc) is 3.28. The van der Waals surface area contributed by atoms with Crippen molar-refractivity contribution >= 4 is 16.8 Å². The summed E-state index contributed by atoms with van der Waals surface area (Å²) in [6, 6.07) is 22.7. The van der Waals surface area contributed by atoms with Crippen LogP contribution in [0.2, 0.25) is 0 Å². The van der Waals surface area contributed by atoms with Gasteiger partial charge in [0.2, 0.25) is 0 Å². The lowest BCUT2D eigenvalue weighted by atomic mass is 9.91. The van der Waals surface area contributed by atoms with Gasteiger partial charge in [0.15, 0.2) is 0 Å². The van der Waals surface area contributed by atoms with Crippen molar-refractivity contribution in [3.8, 4) is 28.3 Å². The van der Waals surface area contributed by atoms with Gasteiger partial charge in [-0.15, -0.1) is 0 Å². The molecule has 1 amide bonds.